The van der Waals surface area contributed by atoms with E-state index in [2.05, 4.69) is 30.8 Å². The SMILES string of the molecule is CC[C@@H]1C[C@]1(NC(=O)[C@@H]1C[C@@H]2CN1C(=O)[C@H](C(C)(C)C)NC(=O)OCCCCCCc1cccc(c1)-n1nnc2n1)C(=O)NS(=O)(=O)C1CC1. The number of nitrogens with one attached hydrogen (secondary N) is 3. The molecule has 15 nitrogen and oxygen atoms in total. The van der Waals surface area contributed by atoms with Crippen LogP contribution < -0.4 is 15.4 Å². The molecule has 1 aromatic heterocycles. The van der Waals surface area contributed by atoms with Crippen molar-refractivity contribution >= 4 is 33.8 Å². The molecule has 1 saturated heterocycles. The monoisotopic (exact) mass is 712 g/mol. The van der Waals surface area contributed by atoms with Crippen molar-refractivity contribution in [1.29, 1.82) is 0 Å². The van der Waals surface area contributed by atoms with E-state index in [1.165, 1.54) is 9.70 Å². The van der Waals surface area contributed by atoms with Gasteiger partial charge in [0.1, 0.15) is 17.6 Å². The summed E-state index contributed by atoms with van der Waals surface area (Å²) in [4.78, 5) is 58.0. The molecular formula is C34H48N8O7S. The van der Waals surface area contributed by atoms with E-state index in [-0.39, 0.29) is 31.9 Å². The van der Waals surface area contributed by atoms with Crippen molar-refractivity contribution in [2.24, 2.45) is 11.3 Å². The molecule has 272 valence electrons. The van der Waals surface area contributed by atoms with Gasteiger partial charge >= 0.3 is 6.09 Å². The van der Waals surface area contributed by atoms with E-state index < -0.39 is 68.0 Å². The highest BCUT2D eigenvalue weighted by atomic mass is 32.2. The van der Waals surface area contributed by atoms with Gasteiger partial charge in [0.05, 0.1) is 17.5 Å². The van der Waals surface area contributed by atoms with Gasteiger partial charge < -0.3 is 20.3 Å². The molecular weight excluding hydrogens is 664 g/mol. The van der Waals surface area contributed by atoms with Gasteiger partial charge in [0.2, 0.25) is 21.8 Å². The fourth-order valence-electron chi connectivity index (χ4n) is 7.07. The summed E-state index contributed by atoms with van der Waals surface area (Å²) in [6.45, 7) is 7.57. The zero-order chi connectivity index (χ0) is 35.8. The average molecular weight is 713 g/mol. The topological polar surface area (TPSA) is 195 Å². The minimum atomic E-state index is -3.85. The lowest BCUT2D eigenvalue weighted by molar-refractivity contribution is -0.142. The summed E-state index contributed by atoms with van der Waals surface area (Å²) in [5.41, 5.74) is -0.307. The summed E-state index contributed by atoms with van der Waals surface area (Å²) in [5, 5.41) is 18.3. The lowest BCUT2D eigenvalue weighted by Gasteiger charge is -2.35. The number of aryl methyl sites for hydroxylation is 1. The number of sulfonamides is 1. The number of hydrogen-bond acceptors (Lipinski definition) is 10. The summed E-state index contributed by atoms with van der Waals surface area (Å²) in [5.74, 6) is -2.27. The molecule has 50 heavy (non-hydrogen) atoms. The molecule has 0 unspecified atom stereocenters. The second-order valence-corrected chi connectivity index (χ2v) is 17.2. The minimum absolute atomic E-state index is 0.0540. The van der Waals surface area contributed by atoms with Crippen LogP contribution in [0, 0.1) is 11.3 Å². The molecule has 3 N–H and O–H groups in total. The maximum atomic E-state index is 14.4. The number of tetrazole rings is 1. The highest BCUT2D eigenvalue weighted by molar-refractivity contribution is 7.91. The number of amides is 4. The minimum Gasteiger partial charge on any atom is -0.450 e. The molecule has 2 aliphatic heterocycles. The third kappa shape index (κ3) is 7.64. The first-order valence-electron chi connectivity index (χ1n) is 17.7. The second kappa shape index (κ2) is 13.9. The van der Waals surface area contributed by atoms with Gasteiger partial charge in [-0.25, -0.2) is 13.2 Å². The Labute approximate surface area is 292 Å². The molecule has 2 saturated carbocycles. The number of cyclic esters (lactones) is 1. The Morgan fingerprint density at radius 3 is 2.58 bits per heavy atom. The largest absolute Gasteiger partial charge is 0.450 e. The number of hydrogen-bond donors (Lipinski definition) is 3. The van der Waals surface area contributed by atoms with Crippen molar-refractivity contribution in [1.82, 2.24) is 40.5 Å². The lowest BCUT2D eigenvalue weighted by Crippen LogP contribution is -2.60. The van der Waals surface area contributed by atoms with Gasteiger partial charge in [-0.3, -0.25) is 19.1 Å². The molecule has 5 atom stereocenters. The zero-order valence-corrected chi connectivity index (χ0v) is 30.0. The summed E-state index contributed by atoms with van der Waals surface area (Å²) < 4.78 is 33.0. The third-order valence-electron chi connectivity index (χ3n) is 10.3. The molecule has 4 amide bonds. The van der Waals surface area contributed by atoms with E-state index in [4.69, 9.17) is 4.74 Å². The molecule has 4 aliphatic rings. The van der Waals surface area contributed by atoms with Crippen LogP contribution in [0.15, 0.2) is 24.3 Å². The summed E-state index contributed by atoms with van der Waals surface area (Å²) in [7, 11) is -3.85. The highest BCUT2D eigenvalue weighted by Crippen LogP contribution is 2.47. The number of alkyl carbamates (subject to hydrolysis) is 1. The van der Waals surface area contributed by atoms with Crippen molar-refractivity contribution < 1.29 is 32.3 Å². The van der Waals surface area contributed by atoms with Crippen molar-refractivity contribution in [3.05, 3.63) is 35.7 Å². The van der Waals surface area contributed by atoms with Crippen molar-refractivity contribution in [2.75, 3.05) is 13.2 Å². The van der Waals surface area contributed by atoms with E-state index in [1.54, 1.807) is 0 Å². The molecule has 3 fully saturated rings. The summed E-state index contributed by atoms with van der Waals surface area (Å²) in [6, 6.07) is 5.78. The first-order chi connectivity index (χ1) is 23.7. The Morgan fingerprint density at radius 1 is 1.12 bits per heavy atom. The molecule has 0 radical (unpaired) electrons. The van der Waals surface area contributed by atoms with Crippen LogP contribution in [0.3, 0.4) is 0 Å². The number of fused-ring (bicyclic) bond motifs is 8. The number of carbonyl (C=O) groups excluding carboxylic acids is 4. The van der Waals surface area contributed by atoms with E-state index in [0.717, 1.165) is 36.9 Å². The standard InChI is InChI=1S/C34H48N8O7S/c1-5-23-19-34(23,31(45)39-50(47,48)25-14-15-25)36-29(43)26-18-22-20-41(26)30(44)27(33(2,3)4)35-32(46)49-16-9-7-6-8-11-21-12-10-13-24(17-21)42-38-28(22)37-40-42/h10,12-13,17,22-23,25-27H,5-9,11,14-16,18-20H2,1-4H3,(H,35,46)(H,36,43)(H,39,45)/t22-,23-,26+,27-,34-/m1/s1. The molecule has 6 bridgehead atoms. The van der Waals surface area contributed by atoms with Crippen LogP contribution in [0.1, 0.15) is 103 Å². The Bertz CT molecular complexity index is 1740. The zero-order valence-electron chi connectivity index (χ0n) is 29.2. The van der Waals surface area contributed by atoms with Crippen LogP contribution in [-0.2, 0) is 35.6 Å². The van der Waals surface area contributed by atoms with Crippen LogP contribution in [-0.4, -0.2) is 93.4 Å². The maximum absolute atomic E-state index is 14.4. The fraction of sp³-hybridized carbons (Fsp3) is 0.676. The predicted molar refractivity (Wildman–Crippen MR) is 181 cm³/mol. The van der Waals surface area contributed by atoms with Gasteiger partial charge in [0.15, 0.2) is 5.82 Å². The van der Waals surface area contributed by atoms with Crippen LogP contribution in [0.2, 0.25) is 0 Å². The number of benzene rings is 1. The van der Waals surface area contributed by atoms with E-state index in [1.807, 2.05) is 52.0 Å². The Balaban J connectivity index is 1.31. The summed E-state index contributed by atoms with van der Waals surface area (Å²) in [6.07, 6.45) is 5.54. The number of nitrogens with zero attached hydrogens (tertiary/aromatic N) is 5. The average Bonchev–Trinajstić information content (AvgIpc) is 3.94. The first kappa shape index (κ1) is 35.7. The molecule has 16 heteroatoms. The van der Waals surface area contributed by atoms with Crippen LogP contribution >= 0.6 is 0 Å². The second-order valence-electron chi connectivity index (χ2n) is 15.2. The van der Waals surface area contributed by atoms with Crippen LogP contribution in [0.25, 0.3) is 5.69 Å². The van der Waals surface area contributed by atoms with Crippen molar-refractivity contribution in [3.63, 3.8) is 0 Å². The van der Waals surface area contributed by atoms with Crippen molar-refractivity contribution in [2.45, 2.75) is 121 Å². The van der Waals surface area contributed by atoms with Gasteiger partial charge in [0, 0.05) is 12.5 Å². The Morgan fingerprint density at radius 2 is 1.88 bits per heavy atom. The number of carbonyl (C=O) groups is 4. The first-order valence-corrected chi connectivity index (χ1v) is 19.3. The molecule has 1 aromatic carbocycles. The fourth-order valence-corrected chi connectivity index (χ4v) is 8.43. The summed E-state index contributed by atoms with van der Waals surface area (Å²) >= 11 is 0. The van der Waals surface area contributed by atoms with E-state index in [0.29, 0.717) is 31.5 Å². The normalized spacial score (nSPS) is 27.9. The third-order valence-corrected chi connectivity index (χ3v) is 12.2. The maximum Gasteiger partial charge on any atom is 0.407 e. The van der Waals surface area contributed by atoms with Gasteiger partial charge in [-0.15, -0.1) is 15.0 Å². The number of aromatic nitrogens is 4. The Hall–Kier alpha value is -4.08. The van der Waals surface area contributed by atoms with Gasteiger partial charge in [0.25, 0.3) is 5.91 Å². The lowest BCUT2D eigenvalue weighted by atomic mass is 9.85. The Kier molecular flexibility index (Phi) is 9.94. The van der Waals surface area contributed by atoms with E-state index in [9.17, 15) is 27.6 Å². The smallest absolute Gasteiger partial charge is 0.407 e. The number of rotatable bonds is 6. The number of ether oxygens (including phenoxy) is 1. The molecule has 6 rings (SSSR count). The van der Waals surface area contributed by atoms with Gasteiger partial charge in [-0.05, 0) is 79.2 Å². The molecule has 2 aliphatic carbocycles. The van der Waals surface area contributed by atoms with Gasteiger partial charge in [-0.1, -0.05) is 59.1 Å². The van der Waals surface area contributed by atoms with Gasteiger partial charge in [-0.2, -0.15) is 0 Å². The molecule has 0 spiro atoms. The highest BCUT2D eigenvalue weighted by Gasteiger charge is 2.62. The van der Waals surface area contributed by atoms with E-state index >= 15 is 0 Å². The molecule has 3 heterocycles. The quantitative estimate of drug-likeness (QED) is 0.401. The van der Waals surface area contributed by atoms with Crippen molar-refractivity contribution in [3.8, 4) is 5.69 Å². The predicted octanol–water partition coefficient (Wildman–Crippen LogP) is 2.50. The van der Waals surface area contributed by atoms with Crippen LogP contribution in [0.4, 0.5) is 4.79 Å². The van der Waals surface area contributed by atoms with Crippen LogP contribution in [0.5, 0.6) is 0 Å². The molecule has 2 aromatic rings.